The number of anilines is 1. The third-order valence-electron chi connectivity index (χ3n) is 3.04. The molecule has 1 aliphatic heterocycles. The lowest BCUT2D eigenvalue weighted by molar-refractivity contribution is -0.384. The molecule has 1 aromatic carbocycles. The summed E-state index contributed by atoms with van der Waals surface area (Å²) >= 11 is 1.98. The number of nitrogens with one attached hydrogen (secondary N) is 1. The molecule has 0 aromatic heterocycles. The van der Waals surface area contributed by atoms with E-state index in [0.717, 1.165) is 17.8 Å². The zero-order valence-electron chi connectivity index (χ0n) is 9.81. The molecular weight excluding hydrogens is 236 g/mol. The van der Waals surface area contributed by atoms with Crippen molar-refractivity contribution >= 4 is 23.1 Å². The van der Waals surface area contributed by atoms with E-state index < -0.39 is 0 Å². The van der Waals surface area contributed by atoms with Crippen molar-refractivity contribution in [2.24, 2.45) is 5.92 Å². The van der Waals surface area contributed by atoms with Gasteiger partial charge in [-0.2, -0.15) is 11.8 Å². The summed E-state index contributed by atoms with van der Waals surface area (Å²) < 4.78 is 0. The molecule has 1 heterocycles. The van der Waals surface area contributed by atoms with E-state index in [2.05, 4.69) is 5.32 Å². The van der Waals surface area contributed by atoms with Gasteiger partial charge in [0.25, 0.3) is 5.69 Å². The van der Waals surface area contributed by atoms with Gasteiger partial charge in [-0.05, 0) is 36.3 Å². The van der Waals surface area contributed by atoms with Crippen LogP contribution in [0.2, 0.25) is 0 Å². The van der Waals surface area contributed by atoms with Crippen molar-refractivity contribution in [3.63, 3.8) is 0 Å². The molecule has 1 atom stereocenters. The highest BCUT2D eigenvalue weighted by molar-refractivity contribution is 7.99. The lowest BCUT2D eigenvalue weighted by atomic mass is 10.1. The number of nitro groups is 1. The number of nitro benzene ring substituents is 1. The Morgan fingerprint density at radius 2 is 2.41 bits per heavy atom. The molecule has 17 heavy (non-hydrogen) atoms. The molecule has 1 unspecified atom stereocenters. The molecule has 1 saturated heterocycles. The summed E-state index contributed by atoms with van der Waals surface area (Å²) in [7, 11) is 0. The zero-order valence-corrected chi connectivity index (χ0v) is 10.6. The second-order valence-electron chi connectivity index (χ2n) is 4.37. The molecule has 1 aromatic rings. The minimum atomic E-state index is -0.351. The van der Waals surface area contributed by atoms with Crippen molar-refractivity contribution in [1.29, 1.82) is 0 Å². The van der Waals surface area contributed by atoms with Crippen LogP contribution in [-0.4, -0.2) is 23.0 Å². The van der Waals surface area contributed by atoms with Gasteiger partial charge in [-0.1, -0.05) is 6.07 Å². The van der Waals surface area contributed by atoms with Gasteiger partial charge in [0, 0.05) is 24.4 Å². The van der Waals surface area contributed by atoms with Gasteiger partial charge in [-0.15, -0.1) is 0 Å². The number of rotatable bonds is 4. The van der Waals surface area contributed by atoms with E-state index in [9.17, 15) is 10.1 Å². The predicted molar refractivity (Wildman–Crippen MR) is 71.8 cm³/mol. The monoisotopic (exact) mass is 252 g/mol. The summed E-state index contributed by atoms with van der Waals surface area (Å²) in [6.45, 7) is 2.88. The summed E-state index contributed by atoms with van der Waals surface area (Å²) in [6.07, 6.45) is 1.24. The number of hydrogen-bond donors (Lipinski definition) is 1. The molecule has 0 amide bonds. The molecule has 0 saturated carbocycles. The van der Waals surface area contributed by atoms with Crippen molar-refractivity contribution in [2.75, 3.05) is 23.4 Å². The molecule has 0 aliphatic carbocycles. The van der Waals surface area contributed by atoms with Crippen LogP contribution in [0.15, 0.2) is 18.2 Å². The smallest absolute Gasteiger partial charge is 0.271 e. The van der Waals surface area contributed by atoms with Crippen LogP contribution < -0.4 is 5.32 Å². The highest BCUT2D eigenvalue weighted by Gasteiger charge is 2.16. The summed E-state index contributed by atoms with van der Waals surface area (Å²) in [5.41, 5.74) is 2.09. The summed E-state index contributed by atoms with van der Waals surface area (Å²) in [6, 6.07) is 4.97. The van der Waals surface area contributed by atoms with Crippen LogP contribution in [0.1, 0.15) is 12.0 Å². The Morgan fingerprint density at radius 3 is 3.06 bits per heavy atom. The van der Waals surface area contributed by atoms with Crippen molar-refractivity contribution in [1.82, 2.24) is 0 Å². The summed E-state index contributed by atoms with van der Waals surface area (Å²) in [5.74, 6) is 3.12. The Kier molecular flexibility index (Phi) is 3.89. The van der Waals surface area contributed by atoms with Gasteiger partial charge in [-0.3, -0.25) is 10.1 Å². The van der Waals surface area contributed by atoms with E-state index in [1.165, 1.54) is 17.9 Å². The number of aryl methyl sites for hydroxylation is 1. The van der Waals surface area contributed by atoms with Crippen molar-refractivity contribution in [3.8, 4) is 0 Å². The van der Waals surface area contributed by atoms with Gasteiger partial charge in [-0.25, -0.2) is 0 Å². The largest absolute Gasteiger partial charge is 0.384 e. The van der Waals surface area contributed by atoms with E-state index in [-0.39, 0.29) is 10.6 Å². The molecule has 0 spiro atoms. The van der Waals surface area contributed by atoms with Crippen LogP contribution in [0.3, 0.4) is 0 Å². The number of benzene rings is 1. The van der Waals surface area contributed by atoms with Gasteiger partial charge in [0.15, 0.2) is 0 Å². The Hall–Kier alpha value is -1.23. The highest BCUT2D eigenvalue weighted by atomic mass is 32.2. The minimum Gasteiger partial charge on any atom is -0.384 e. The molecule has 1 fully saturated rings. The van der Waals surface area contributed by atoms with E-state index in [1.807, 2.05) is 18.7 Å². The molecular formula is C12H16N2O2S. The number of nitrogens with zero attached hydrogens (tertiary/aromatic N) is 1. The van der Waals surface area contributed by atoms with Crippen LogP contribution in [0.25, 0.3) is 0 Å². The first-order valence-electron chi connectivity index (χ1n) is 5.73. The average molecular weight is 252 g/mol. The van der Waals surface area contributed by atoms with Crippen molar-refractivity contribution in [2.45, 2.75) is 13.3 Å². The standard InChI is InChI=1S/C12H16N2O2S/c1-9-2-3-11(14(15)16)6-12(9)13-7-10-4-5-17-8-10/h2-3,6,10,13H,4-5,7-8H2,1H3. The van der Waals surface area contributed by atoms with Crippen LogP contribution in [-0.2, 0) is 0 Å². The van der Waals surface area contributed by atoms with Gasteiger partial charge in [0.1, 0.15) is 0 Å². The van der Waals surface area contributed by atoms with E-state index in [4.69, 9.17) is 0 Å². The first-order chi connectivity index (χ1) is 8.16. The molecule has 92 valence electrons. The van der Waals surface area contributed by atoms with Gasteiger partial charge < -0.3 is 5.32 Å². The Morgan fingerprint density at radius 1 is 1.59 bits per heavy atom. The van der Waals surface area contributed by atoms with Gasteiger partial charge >= 0.3 is 0 Å². The Balaban J connectivity index is 2.03. The Labute approximate surface area is 105 Å². The highest BCUT2D eigenvalue weighted by Crippen LogP contribution is 2.26. The average Bonchev–Trinajstić information content (AvgIpc) is 2.80. The molecule has 4 nitrogen and oxygen atoms in total. The maximum Gasteiger partial charge on any atom is 0.271 e. The fraction of sp³-hybridized carbons (Fsp3) is 0.500. The number of non-ortho nitro benzene ring substituents is 1. The normalized spacial score (nSPS) is 19.2. The van der Waals surface area contributed by atoms with Gasteiger partial charge in [0.05, 0.1) is 4.92 Å². The maximum atomic E-state index is 10.7. The van der Waals surface area contributed by atoms with E-state index >= 15 is 0 Å². The van der Waals surface area contributed by atoms with Crippen LogP contribution in [0, 0.1) is 23.0 Å². The van der Waals surface area contributed by atoms with Crippen molar-refractivity contribution in [3.05, 3.63) is 33.9 Å². The lowest BCUT2D eigenvalue weighted by Gasteiger charge is -2.13. The number of hydrogen-bond acceptors (Lipinski definition) is 4. The number of thioether (sulfide) groups is 1. The zero-order chi connectivity index (χ0) is 12.3. The third-order valence-corrected chi connectivity index (χ3v) is 4.27. The molecule has 1 aliphatic rings. The fourth-order valence-electron chi connectivity index (χ4n) is 1.91. The minimum absolute atomic E-state index is 0.152. The van der Waals surface area contributed by atoms with E-state index in [1.54, 1.807) is 18.2 Å². The quantitative estimate of drug-likeness (QED) is 0.661. The van der Waals surface area contributed by atoms with Crippen LogP contribution >= 0.6 is 11.8 Å². The second-order valence-corrected chi connectivity index (χ2v) is 5.52. The molecule has 5 heteroatoms. The lowest BCUT2D eigenvalue weighted by Crippen LogP contribution is -2.14. The van der Waals surface area contributed by atoms with Gasteiger partial charge in [0.2, 0.25) is 0 Å². The SMILES string of the molecule is Cc1ccc([N+](=O)[O-])cc1NCC1CCSC1. The topological polar surface area (TPSA) is 55.2 Å². The maximum absolute atomic E-state index is 10.7. The predicted octanol–water partition coefficient (Wildman–Crippen LogP) is 3.07. The fourth-order valence-corrected chi connectivity index (χ4v) is 3.20. The van der Waals surface area contributed by atoms with Crippen LogP contribution in [0.5, 0.6) is 0 Å². The first kappa shape index (κ1) is 12.2. The molecule has 2 rings (SSSR count). The van der Waals surface area contributed by atoms with E-state index in [0.29, 0.717) is 5.92 Å². The summed E-state index contributed by atoms with van der Waals surface area (Å²) in [4.78, 5) is 10.3. The summed E-state index contributed by atoms with van der Waals surface area (Å²) in [5, 5.41) is 14.0. The second kappa shape index (κ2) is 5.40. The molecule has 0 radical (unpaired) electrons. The Bertz CT molecular complexity index is 417. The molecule has 0 bridgehead atoms. The first-order valence-corrected chi connectivity index (χ1v) is 6.89. The van der Waals surface area contributed by atoms with Crippen molar-refractivity contribution < 1.29 is 4.92 Å². The van der Waals surface area contributed by atoms with Crippen LogP contribution in [0.4, 0.5) is 11.4 Å². The molecule has 1 N–H and O–H groups in total. The third kappa shape index (κ3) is 3.12.